The molecule has 0 radical (unpaired) electrons. The fourth-order valence-electron chi connectivity index (χ4n) is 3.70. The highest BCUT2D eigenvalue weighted by Crippen LogP contribution is 2.22. The van der Waals surface area contributed by atoms with Crippen LogP contribution in [0.4, 0.5) is 5.69 Å². The lowest BCUT2D eigenvalue weighted by atomic mass is 10.2. The Morgan fingerprint density at radius 3 is 2.26 bits per heavy atom. The number of nitrogens with zero attached hydrogens (tertiary/aromatic N) is 3. The minimum absolute atomic E-state index is 0.148. The fraction of sp³-hybridized carbons (Fsp3) is 0.421. The van der Waals surface area contributed by atoms with Gasteiger partial charge in [-0.25, -0.2) is 8.42 Å². The molecule has 0 unspecified atom stereocenters. The van der Waals surface area contributed by atoms with Gasteiger partial charge in [0.1, 0.15) is 10.6 Å². The Hall–Kier alpha value is -2.32. The number of hydrogen-bond acceptors (Lipinski definition) is 4. The van der Waals surface area contributed by atoms with E-state index in [1.165, 1.54) is 16.6 Å². The fourth-order valence-corrected chi connectivity index (χ4v) is 5.21. The van der Waals surface area contributed by atoms with Crippen molar-refractivity contribution in [2.24, 2.45) is 0 Å². The minimum Gasteiger partial charge on any atom is -0.368 e. The van der Waals surface area contributed by atoms with E-state index >= 15 is 0 Å². The van der Waals surface area contributed by atoms with E-state index in [-0.39, 0.29) is 10.8 Å². The van der Waals surface area contributed by atoms with E-state index in [4.69, 9.17) is 0 Å². The molecular weight excluding hydrogens is 364 g/mol. The maximum absolute atomic E-state index is 12.8. The van der Waals surface area contributed by atoms with Gasteiger partial charge in [0.2, 0.25) is 10.0 Å². The van der Waals surface area contributed by atoms with Crippen LogP contribution in [-0.2, 0) is 10.0 Å². The molecule has 0 atom stereocenters. The molecule has 4 rings (SSSR count). The van der Waals surface area contributed by atoms with Crippen molar-refractivity contribution >= 4 is 21.6 Å². The number of nitrogens with one attached hydrogen (secondary N) is 1. The third kappa shape index (κ3) is 3.59. The Morgan fingerprint density at radius 2 is 1.59 bits per heavy atom. The SMILES string of the molecule is O=C(c1cc(S(=O)(=O)N2CCCC2)c[nH]1)N1CCN(c2ccccc2)CC1. The van der Waals surface area contributed by atoms with Crippen LogP contribution in [0.2, 0.25) is 0 Å². The second kappa shape index (κ2) is 7.36. The first-order valence-corrected chi connectivity index (χ1v) is 10.8. The van der Waals surface area contributed by atoms with E-state index in [2.05, 4.69) is 22.0 Å². The molecule has 2 aliphatic heterocycles. The minimum atomic E-state index is -3.50. The number of aromatic nitrogens is 1. The van der Waals surface area contributed by atoms with E-state index in [9.17, 15) is 13.2 Å². The van der Waals surface area contributed by atoms with Gasteiger partial charge >= 0.3 is 0 Å². The second-order valence-corrected chi connectivity index (χ2v) is 8.91. The predicted molar refractivity (Wildman–Crippen MR) is 103 cm³/mol. The number of carbonyl (C=O) groups excluding carboxylic acids is 1. The van der Waals surface area contributed by atoms with Crippen LogP contribution >= 0.6 is 0 Å². The van der Waals surface area contributed by atoms with Gasteiger partial charge in [-0.05, 0) is 31.0 Å². The molecular formula is C19H24N4O3S. The Balaban J connectivity index is 1.42. The second-order valence-electron chi connectivity index (χ2n) is 6.98. The van der Waals surface area contributed by atoms with E-state index in [1.807, 2.05) is 18.2 Å². The summed E-state index contributed by atoms with van der Waals surface area (Å²) in [5.74, 6) is -0.148. The standard InChI is InChI=1S/C19H24N4O3S/c24-19(22-12-10-21(11-13-22)16-6-2-1-3-7-16)18-14-17(15-20-18)27(25,26)23-8-4-5-9-23/h1-3,6-7,14-15,20H,4-5,8-13H2. The maximum Gasteiger partial charge on any atom is 0.270 e. The molecule has 1 aromatic heterocycles. The molecule has 1 aromatic carbocycles. The highest BCUT2D eigenvalue weighted by molar-refractivity contribution is 7.89. The molecule has 27 heavy (non-hydrogen) atoms. The molecule has 0 bridgehead atoms. The Labute approximate surface area is 159 Å². The number of H-pyrrole nitrogens is 1. The highest BCUT2D eigenvalue weighted by Gasteiger charge is 2.30. The molecule has 7 nitrogen and oxygen atoms in total. The average molecular weight is 388 g/mol. The van der Waals surface area contributed by atoms with Gasteiger partial charge in [0, 0.05) is 51.2 Å². The van der Waals surface area contributed by atoms with Crippen LogP contribution in [0.15, 0.2) is 47.5 Å². The number of benzene rings is 1. The first-order valence-electron chi connectivity index (χ1n) is 9.33. The summed E-state index contributed by atoms with van der Waals surface area (Å²) < 4.78 is 26.7. The van der Waals surface area contributed by atoms with Gasteiger partial charge in [-0.3, -0.25) is 4.79 Å². The van der Waals surface area contributed by atoms with Crippen LogP contribution < -0.4 is 4.90 Å². The van der Waals surface area contributed by atoms with E-state index in [0.717, 1.165) is 31.6 Å². The van der Waals surface area contributed by atoms with E-state index < -0.39 is 10.0 Å². The number of para-hydroxylation sites is 1. The lowest BCUT2D eigenvalue weighted by Crippen LogP contribution is -2.48. The average Bonchev–Trinajstić information content (AvgIpc) is 3.41. The normalized spacial score (nSPS) is 18.8. The van der Waals surface area contributed by atoms with Crippen LogP contribution in [0.25, 0.3) is 0 Å². The van der Waals surface area contributed by atoms with Gasteiger partial charge in [-0.2, -0.15) is 4.31 Å². The third-order valence-electron chi connectivity index (χ3n) is 5.28. The number of aromatic amines is 1. The molecule has 2 fully saturated rings. The zero-order chi connectivity index (χ0) is 18.9. The first-order chi connectivity index (χ1) is 13.1. The molecule has 0 aliphatic carbocycles. The predicted octanol–water partition coefficient (Wildman–Crippen LogP) is 1.76. The summed E-state index contributed by atoms with van der Waals surface area (Å²) in [4.78, 5) is 19.8. The van der Waals surface area contributed by atoms with Gasteiger partial charge < -0.3 is 14.8 Å². The number of hydrogen-bond donors (Lipinski definition) is 1. The monoisotopic (exact) mass is 388 g/mol. The van der Waals surface area contributed by atoms with Crippen molar-refractivity contribution in [3.05, 3.63) is 48.3 Å². The number of rotatable bonds is 4. The van der Waals surface area contributed by atoms with Gasteiger partial charge in [-0.1, -0.05) is 18.2 Å². The van der Waals surface area contributed by atoms with Crippen molar-refractivity contribution < 1.29 is 13.2 Å². The molecule has 144 valence electrons. The zero-order valence-corrected chi connectivity index (χ0v) is 16.0. The smallest absolute Gasteiger partial charge is 0.270 e. The van der Waals surface area contributed by atoms with Crippen LogP contribution in [0, 0.1) is 0 Å². The van der Waals surface area contributed by atoms with Gasteiger partial charge in [0.15, 0.2) is 0 Å². The van der Waals surface area contributed by atoms with Gasteiger partial charge in [-0.15, -0.1) is 0 Å². The lowest BCUT2D eigenvalue weighted by Gasteiger charge is -2.35. The van der Waals surface area contributed by atoms with E-state index in [0.29, 0.717) is 31.9 Å². The third-order valence-corrected chi connectivity index (χ3v) is 7.15. The molecule has 2 saturated heterocycles. The Kier molecular flexibility index (Phi) is 4.92. The Morgan fingerprint density at radius 1 is 0.926 bits per heavy atom. The summed E-state index contributed by atoms with van der Waals surface area (Å²) in [7, 11) is -3.50. The summed E-state index contributed by atoms with van der Waals surface area (Å²) in [5, 5.41) is 0. The summed E-state index contributed by atoms with van der Waals surface area (Å²) in [6, 6.07) is 11.6. The molecule has 2 aliphatic rings. The molecule has 2 aromatic rings. The first kappa shape index (κ1) is 18.1. The number of piperazine rings is 1. The molecule has 1 amide bonds. The largest absolute Gasteiger partial charge is 0.368 e. The zero-order valence-electron chi connectivity index (χ0n) is 15.2. The van der Waals surface area contributed by atoms with Crippen molar-refractivity contribution in [1.82, 2.24) is 14.2 Å². The summed E-state index contributed by atoms with van der Waals surface area (Å²) in [6.07, 6.45) is 3.21. The molecule has 1 N–H and O–H groups in total. The summed E-state index contributed by atoms with van der Waals surface area (Å²) in [5.41, 5.74) is 1.49. The van der Waals surface area contributed by atoms with Crippen LogP contribution in [0.3, 0.4) is 0 Å². The van der Waals surface area contributed by atoms with Crippen LogP contribution in [0.5, 0.6) is 0 Å². The van der Waals surface area contributed by atoms with Crippen molar-refractivity contribution in [3.63, 3.8) is 0 Å². The number of amides is 1. The van der Waals surface area contributed by atoms with Gasteiger partial charge in [0.05, 0.1) is 0 Å². The van der Waals surface area contributed by atoms with Crippen molar-refractivity contribution in [2.75, 3.05) is 44.2 Å². The maximum atomic E-state index is 12.8. The lowest BCUT2D eigenvalue weighted by molar-refractivity contribution is 0.0741. The molecule has 0 saturated carbocycles. The number of carbonyl (C=O) groups is 1. The van der Waals surface area contributed by atoms with Crippen molar-refractivity contribution in [2.45, 2.75) is 17.7 Å². The summed E-state index contributed by atoms with van der Waals surface area (Å²) >= 11 is 0. The Bertz CT molecular complexity index is 896. The molecule has 8 heteroatoms. The quantitative estimate of drug-likeness (QED) is 0.866. The van der Waals surface area contributed by atoms with E-state index in [1.54, 1.807) is 4.90 Å². The molecule has 3 heterocycles. The topological polar surface area (TPSA) is 76.7 Å². The summed E-state index contributed by atoms with van der Waals surface area (Å²) in [6.45, 7) is 3.85. The van der Waals surface area contributed by atoms with Crippen LogP contribution in [-0.4, -0.2) is 67.8 Å². The van der Waals surface area contributed by atoms with Gasteiger partial charge in [0.25, 0.3) is 5.91 Å². The van der Waals surface area contributed by atoms with Crippen molar-refractivity contribution in [3.8, 4) is 0 Å². The number of sulfonamides is 1. The van der Waals surface area contributed by atoms with Crippen molar-refractivity contribution in [1.29, 1.82) is 0 Å². The molecule has 0 spiro atoms. The number of anilines is 1. The highest BCUT2D eigenvalue weighted by atomic mass is 32.2. The van der Waals surface area contributed by atoms with Crippen LogP contribution in [0.1, 0.15) is 23.3 Å².